The van der Waals surface area contributed by atoms with Crippen LogP contribution in [0.4, 0.5) is 0 Å². The summed E-state index contributed by atoms with van der Waals surface area (Å²) in [5.41, 5.74) is 1.31. The minimum Gasteiger partial charge on any atom is -0.461 e. The van der Waals surface area contributed by atoms with E-state index in [1.807, 2.05) is 23.1 Å². The first-order chi connectivity index (χ1) is 15.1. The largest absolute Gasteiger partial charge is 0.461 e. The van der Waals surface area contributed by atoms with Crippen molar-refractivity contribution in [2.24, 2.45) is 5.92 Å². The van der Waals surface area contributed by atoms with Crippen molar-refractivity contribution in [1.29, 1.82) is 0 Å². The van der Waals surface area contributed by atoms with Crippen LogP contribution in [0.3, 0.4) is 0 Å². The summed E-state index contributed by atoms with van der Waals surface area (Å²) in [5.74, 6) is 2.36. The van der Waals surface area contributed by atoms with E-state index in [-0.39, 0.29) is 5.91 Å². The number of benzene rings is 1. The van der Waals surface area contributed by atoms with Crippen molar-refractivity contribution in [3.05, 3.63) is 54.3 Å². The Morgan fingerprint density at radius 3 is 2.52 bits per heavy atom. The molecular weight excluding hydrogens is 410 g/mol. The first kappa shape index (κ1) is 21.6. The smallest absolute Gasteiger partial charge is 0.233 e. The molecule has 2 aromatic heterocycles. The number of aromatic nitrogens is 3. The summed E-state index contributed by atoms with van der Waals surface area (Å²) in [6.45, 7) is 9.35. The van der Waals surface area contributed by atoms with Gasteiger partial charge in [-0.2, -0.15) is 0 Å². The molecule has 1 aromatic carbocycles. The molecule has 0 radical (unpaired) electrons. The van der Waals surface area contributed by atoms with E-state index < -0.39 is 0 Å². The Bertz CT molecular complexity index is 963. The highest BCUT2D eigenvalue weighted by Gasteiger charge is 2.23. The van der Waals surface area contributed by atoms with Gasteiger partial charge in [-0.25, -0.2) is 0 Å². The molecule has 3 aromatic rings. The number of carbonyl (C=O) groups is 1. The summed E-state index contributed by atoms with van der Waals surface area (Å²) in [7, 11) is 0. The molecular formula is C23H29N5O2S. The lowest BCUT2D eigenvalue weighted by Crippen LogP contribution is -2.48. The zero-order chi connectivity index (χ0) is 21.6. The number of hydrogen-bond donors (Lipinski definition) is 0. The molecule has 1 saturated heterocycles. The molecule has 0 unspecified atom stereocenters. The van der Waals surface area contributed by atoms with E-state index in [1.165, 1.54) is 17.3 Å². The molecule has 0 N–H and O–H groups in total. The van der Waals surface area contributed by atoms with Crippen LogP contribution in [-0.4, -0.2) is 62.4 Å². The van der Waals surface area contributed by atoms with E-state index in [9.17, 15) is 4.79 Å². The van der Waals surface area contributed by atoms with Crippen LogP contribution in [0.15, 0.2) is 58.3 Å². The van der Waals surface area contributed by atoms with Gasteiger partial charge in [0.25, 0.3) is 0 Å². The molecule has 0 saturated carbocycles. The Kier molecular flexibility index (Phi) is 7.09. The van der Waals surface area contributed by atoms with Crippen LogP contribution in [0.5, 0.6) is 0 Å². The number of piperazine rings is 1. The summed E-state index contributed by atoms with van der Waals surface area (Å²) in [5, 5.41) is 9.42. The highest BCUT2D eigenvalue weighted by atomic mass is 32.2. The second-order valence-corrected chi connectivity index (χ2v) is 9.16. The van der Waals surface area contributed by atoms with E-state index in [0.717, 1.165) is 44.4 Å². The number of rotatable bonds is 8. The average Bonchev–Trinajstić information content (AvgIpc) is 3.43. The Morgan fingerprint density at radius 1 is 1.06 bits per heavy atom. The van der Waals surface area contributed by atoms with Gasteiger partial charge in [-0.05, 0) is 23.6 Å². The van der Waals surface area contributed by atoms with Gasteiger partial charge in [0.2, 0.25) is 5.91 Å². The molecule has 0 atom stereocenters. The Labute approximate surface area is 187 Å². The lowest BCUT2D eigenvalue weighted by atomic mass is 10.2. The average molecular weight is 440 g/mol. The molecule has 0 spiro atoms. The second kappa shape index (κ2) is 10.2. The van der Waals surface area contributed by atoms with E-state index >= 15 is 0 Å². The number of furan rings is 1. The Hall–Kier alpha value is -2.58. The highest BCUT2D eigenvalue weighted by Crippen LogP contribution is 2.26. The number of carbonyl (C=O) groups excluding carboxylic acids is 1. The normalized spacial score (nSPS) is 15.0. The zero-order valence-electron chi connectivity index (χ0n) is 18.1. The zero-order valence-corrected chi connectivity index (χ0v) is 18.9. The maximum atomic E-state index is 12.8. The molecule has 8 heteroatoms. The predicted octanol–water partition coefficient (Wildman–Crippen LogP) is 3.63. The van der Waals surface area contributed by atoms with Gasteiger partial charge in [0, 0.05) is 39.3 Å². The van der Waals surface area contributed by atoms with Crippen molar-refractivity contribution >= 4 is 17.7 Å². The summed E-state index contributed by atoms with van der Waals surface area (Å²) in [6.07, 6.45) is 1.64. The molecule has 0 bridgehead atoms. The number of amides is 1. The number of hydrogen-bond acceptors (Lipinski definition) is 6. The molecule has 1 fully saturated rings. The molecule has 7 nitrogen and oxygen atoms in total. The van der Waals surface area contributed by atoms with Crippen molar-refractivity contribution in [3.8, 4) is 11.6 Å². The van der Waals surface area contributed by atoms with Gasteiger partial charge in [-0.1, -0.05) is 55.9 Å². The molecule has 0 aliphatic carbocycles. The van der Waals surface area contributed by atoms with Crippen LogP contribution in [0.25, 0.3) is 11.6 Å². The van der Waals surface area contributed by atoms with E-state index in [2.05, 4.69) is 57.8 Å². The molecule has 1 aliphatic heterocycles. The lowest BCUT2D eigenvalue weighted by Gasteiger charge is -2.34. The fourth-order valence-corrected chi connectivity index (χ4v) is 4.58. The van der Waals surface area contributed by atoms with Gasteiger partial charge in [-0.3, -0.25) is 14.3 Å². The third-order valence-corrected chi connectivity index (χ3v) is 6.26. The van der Waals surface area contributed by atoms with Crippen molar-refractivity contribution in [1.82, 2.24) is 24.6 Å². The molecule has 31 heavy (non-hydrogen) atoms. The first-order valence-corrected chi connectivity index (χ1v) is 11.7. The van der Waals surface area contributed by atoms with Gasteiger partial charge in [0.1, 0.15) is 0 Å². The summed E-state index contributed by atoms with van der Waals surface area (Å²) < 4.78 is 7.57. The number of thioether (sulfide) groups is 1. The standard InChI is InChI=1S/C23H29N5O2S/c1-18(2)15-28-22(20-9-6-14-30-20)24-25-23(28)31-17-21(29)27-12-10-26(11-13-27)16-19-7-4-3-5-8-19/h3-9,14,18H,10-13,15-17H2,1-2H3. The van der Waals surface area contributed by atoms with Crippen molar-refractivity contribution in [2.75, 3.05) is 31.9 Å². The molecule has 1 aliphatic rings. The topological polar surface area (TPSA) is 67.4 Å². The van der Waals surface area contributed by atoms with E-state index in [0.29, 0.717) is 23.3 Å². The molecule has 3 heterocycles. The molecule has 1 amide bonds. The monoisotopic (exact) mass is 439 g/mol. The van der Waals surface area contributed by atoms with Crippen LogP contribution in [0.1, 0.15) is 19.4 Å². The quantitative estimate of drug-likeness (QED) is 0.500. The van der Waals surface area contributed by atoms with Crippen LogP contribution in [0, 0.1) is 5.92 Å². The van der Waals surface area contributed by atoms with Gasteiger partial charge < -0.3 is 9.32 Å². The lowest BCUT2D eigenvalue weighted by molar-refractivity contribution is -0.130. The second-order valence-electron chi connectivity index (χ2n) is 8.22. The maximum Gasteiger partial charge on any atom is 0.233 e. The van der Waals surface area contributed by atoms with Crippen molar-refractivity contribution < 1.29 is 9.21 Å². The number of nitrogens with zero attached hydrogens (tertiary/aromatic N) is 5. The van der Waals surface area contributed by atoms with Crippen LogP contribution in [0.2, 0.25) is 0 Å². The van der Waals surface area contributed by atoms with Crippen molar-refractivity contribution in [2.45, 2.75) is 32.1 Å². The van der Waals surface area contributed by atoms with Crippen LogP contribution >= 0.6 is 11.8 Å². The molecule has 164 valence electrons. The highest BCUT2D eigenvalue weighted by molar-refractivity contribution is 7.99. The summed E-state index contributed by atoms with van der Waals surface area (Å²) >= 11 is 1.46. The van der Waals surface area contributed by atoms with Crippen LogP contribution < -0.4 is 0 Å². The third kappa shape index (κ3) is 5.57. The molecule has 4 rings (SSSR count). The van der Waals surface area contributed by atoms with Gasteiger partial charge in [0.15, 0.2) is 16.7 Å². The SMILES string of the molecule is CC(C)Cn1c(SCC(=O)N2CCN(Cc3ccccc3)CC2)nnc1-c1ccco1. The third-order valence-electron chi connectivity index (χ3n) is 5.30. The predicted molar refractivity (Wildman–Crippen MR) is 122 cm³/mol. The van der Waals surface area contributed by atoms with Crippen LogP contribution in [-0.2, 0) is 17.9 Å². The Morgan fingerprint density at radius 2 is 1.84 bits per heavy atom. The maximum absolute atomic E-state index is 12.8. The fourth-order valence-electron chi connectivity index (χ4n) is 3.73. The minimum atomic E-state index is 0.156. The van der Waals surface area contributed by atoms with Crippen molar-refractivity contribution in [3.63, 3.8) is 0 Å². The first-order valence-electron chi connectivity index (χ1n) is 10.7. The van der Waals surface area contributed by atoms with Gasteiger partial charge in [-0.15, -0.1) is 10.2 Å². The van der Waals surface area contributed by atoms with Gasteiger partial charge in [0.05, 0.1) is 12.0 Å². The van der Waals surface area contributed by atoms with Gasteiger partial charge >= 0.3 is 0 Å². The Balaban J connectivity index is 1.32. The van der Waals surface area contributed by atoms with E-state index in [1.54, 1.807) is 6.26 Å². The minimum absolute atomic E-state index is 0.156. The fraction of sp³-hybridized carbons (Fsp3) is 0.435. The van der Waals surface area contributed by atoms with E-state index in [4.69, 9.17) is 4.42 Å². The summed E-state index contributed by atoms with van der Waals surface area (Å²) in [6, 6.07) is 14.2. The summed E-state index contributed by atoms with van der Waals surface area (Å²) in [4.78, 5) is 17.2.